The van der Waals surface area contributed by atoms with Crippen molar-refractivity contribution in [2.45, 2.75) is 13.5 Å². The van der Waals surface area contributed by atoms with Gasteiger partial charge in [-0.1, -0.05) is 12.1 Å². The topological polar surface area (TPSA) is 34.0 Å². The van der Waals surface area contributed by atoms with Crippen molar-refractivity contribution in [3.05, 3.63) is 35.6 Å². The Balaban J connectivity index is 1.82. The van der Waals surface area contributed by atoms with Crippen molar-refractivity contribution in [2.24, 2.45) is 0 Å². The number of quaternary nitrogens is 1. The summed E-state index contributed by atoms with van der Waals surface area (Å²) in [5.41, 5.74) is 1.000. The first-order chi connectivity index (χ1) is 9.19. The molecule has 1 N–H and O–H groups in total. The molecule has 19 heavy (non-hydrogen) atoms. The van der Waals surface area contributed by atoms with Gasteiger partial charge in [0.25, 0.3) is 0 Å². The average molecular weight is 267 g/mol. The SMILES string of the molecule is CCOC(=O)N1CC[NH+](Cc2cccc(F)c2)CC1. The van der Waals surface area contributed by atoms with Gasteiger partial charge in [0.1, 0.15) is 12.4 Å². The summed E-state index contributed by atoms with van der Waals surface area (Å²) in [7, 11) is 0. The van der Waals surface area contributed by atoms with E-state index in [2.05, 4.69) is 0 Å². The van der Waals surface area contributed by atoms with Crippen LogP contribution in [0.15, 0.2) is 24.3 Å². The molecule has 0 unspecified atom stereocenters. The summed E-state index contributed by atoms with van der Waals surface area (Å²) < 4.78 is 18.1. The van der Waals surface area contributed by atoms with Crippen LogP contribution in [0.4, 0.5) is 9.18 Å². The maximum Gasteiger partial charge on any atom is 0.410 e. The maximum atomic E-state index is 13.1. The van der Waals surface area contributed by atoms with Crippen LogP contribution in [0.5, 0.6) is 0 Å². The van der Waals surface area contributed by atoms with Crippen LogP contribution in [0.2, 0.25) is 0 Å². The van der Waals surface area contributed by atoms with Crippen LogP contribution in [-0.4, -0.2) is 43.8 Å². The molecule has 0 aliphatic carbocycles. The lowest BCUT2D eigenvalue weighted by molar-refractivity contribution is -0.917. The third-order valence-corrected chi connectivity index (χ3v) is 3.34. The maximum absolute atomic E-state index is 13.1. The number of amides is 1. The summed E-state index contributed by atoms with van der Waals surface area (Å²) in [6.07, 6.45) is -0.229. The highest BCUT2D eigenvalue weighted by Gasteiger charge is 2.24. The first-order valence-corrected chi connectivity index (χ1v) is 6.68. The zero-order valence-corrected chi connectivity index (χ0v) is 11.2. The number of piperazine rings is 1. The number of nitrogens with one attached hydrogen (secondary N) is 1. The lowest BCUT2D eigenvalue weighted by Crippen LogP contribution is -3.13. The molecule has 0 radical (unpaired) electrons. The number of hydrogen-bond donors (Lipinski definition) is 1. The van der Waals surface area contributed by atoms with Crippen molar-refractivity contribution in [3.8, 4) is 0 Å². The van der Waals surface area contributed by atoms with E-state index in [0.29, 0.717) is 19.7 Å². The van der Waals surface area contributed by atoms with E-state index >= 15 is 0 Å². The molecule has 1 aromatic carbocycles. The summed E-state index contributed by atoms with van der Waals surface area (Å²) in [4.78, 5) is 14.7. The minimum absolute atomic E-state index is 0.193. The first kappa shape index (κ1) is 13.8. The predicted molar refractivity (Wildman–Crippen MR) is 69.4 cm³/mol. The van der Waals surface area contributed by atoms with Gasteiger partial charge in [0.05, 0.1) is 32.8 Å². The fourth-order valence-electron chi connectivity index (χ4n) is 2.33. The number of rotatable bonds is 3. The molecule has 0 spiro atoms. The molecule has 0 atom stereocenters. The summed E-state index contributed by atoms with van der Waals surface area (Å²) in [6.45, 7) is 6.16. The van der Waals surface area contributed by atoms with E-state index in [9.17, 15) is 9.18 Å². The van der Waals surface area contributed by atoms with Crippen LogP contribution in [0.1, 0.15) is 12.5 Å². The summed E-state index contributed by atoms with van der Waals surface area (Å²) in [5.74, 6) is -0.193. The van der Waals surface area contributed by atoms with Crippen molar-refractivity contribution in [1.82, 2.24) is 4.90 Å². The summed E-state index contributed by atoms with van der Waals surface area (Å²) in [5, 5.41) is 0. The Bertz CT molecular complexity index is 431. The molecule has 0 bridgehead atoms. The van der Waals surface area contributed by atoms with Gasteiger partial charge in [-0.05, 0) is 19.1 Å². The zero-order chi connectivity index (χ0) is 13.7. The highest BCUT2D eigenvalue weighted by atomic mass is 19.1. The van der Waals surface area contributed by atoms with E-state index in [0.717, 1.165) is 25.2 Å². The predicted octanol–water partition coefficient (Wildman–Crippen LogP) is 0.683. The Kier molecular flexibility index (Phi) is 4.74. The Labute approximate surface area is 112 Å². The van der Waals surface area contributed by atoms with E-state index in [4.69, 9.17) is 4.74 Å². The number of hydrogen-bond acceptors (Lipinski definition) is 2. The van der Waals surface area contributed by atoms with Gasteiger partial charge < -0.3 is 9.64 Å². The van der Waals surface area contributed by atoms with Crippen LogP contribution in [0.25, 0.3) is 0 Å². The van der Waals surface area contributed by atoms with Crippen LogP contribution in [0.3, 0.4) is 0 Å². The normalized spacial score (nSPS) is 16.4. The second-order valence-electron chi connectivity index (χ2n) is 4.74. The van der Waals surface area contributed by atoms with Gasteiger partial charge in [-0.2, -0.15) is 0 Å². The molecule has 1 amide bonds. The minimum Gasteiger partial charge on any atom is -0.450 e. The second-order valence-corrected chi connectivity index (χ2v) is 4.74. The lowest BCUT2D eigenvalue weighted by Gasteiger charge is -2.31. The number of nitrogens with zero attached hydrogens (tertiary/aromatic N) is 1. The van der Waals surface area contributed by atoms with E-state index in [-0.39, 0.29) is 11.9 Å². The quantitative estimate of drug-likeness (QED) is 0.874. The van der Waals surface area contributed by atoms with Gasteiger partial charge in [-0.15, -0.1) is 0 Å². The Morgan fingerprint density at radius 2 is 2.16 bits per heavy atom. The molecule has 1 aliphatic rings. The van der Waals surface area contributed by atoms with Crippen molar-refractivity contribution >= 4 is 6.09 Å². The molecule has 0 aromatic heterocycles. The highest BCUT2D eigenvalue weighted by molar-refractivity contribution is 5.67. The number of carbonyl (C=O) groups excluding carboxylic acids is 1. The molecular formula is C14H20FN2O2+. The van der Waals surface area contributed by atoms with E-state index in [1.807, 2.05) is 13.0 Å². The minimum atomic E-state index is -0.229. The number of halogens is 1. The molecule has 1 aromatic rings. The fraction of sp³-hybridized carbons (Fsp3) is 0.500. The van der Waals surface area contributed by atoms with Gasteiger partial charge in [-0.25, -0.2) is 9.18 Å². The van der Waals surface area contributed by atoms with E-state index in [1.54, 1.807) is 17.0 Å². The van der Waals surface area contributed by atoms with Crippen molar-refractivity contribution in [2.75, 3.05) is 32.8 Å². The Morgan fingerprint density at radius 3 is 2.79 bits per heavy atom. The van der Waals surface area contributed by atoms with Gasteiger partial charge in [0.2, 0.25) is 0 Å². The number of ether oxygens (including phenoxy) is 1. The second kappa shape index (κ2) is 6.52. The molecule has 1 fully saturated rings. The zero-order valence-electron chi connectivity index (χ0n) is 11.2. The number of carbonyl (C=O) groups is 1. The smallest absolute Gasteiger partial charge is 0.410 e. The Hall–Kier alpha value is -1.62. The standard InChI is InChI=1S/C14H19FN2O2/c1-2-19-14(18)17-8-6-16(7-9-17)11-12-4-3-5-13(15)10-12/h3-5,10H,2,6-9,11H2,1H3/p+1. The summed E-state index contributed by atoms with van der Waals surface area (Å²) in [6, 6.07) is 6.70. The molecule has 5 heteroatoms. The van der Waals surface area contributed by atoms with Crippen molar-refractivity contribution < 1.29 is 18.8 Å². The van der Waals surface area contributed by atoms with Gasteiger partial charge in [0, 0.05) is 5.56 Å². The monoisotopic (exact) mass is 267 g/mol. The molecule has 1 saturated heterocycles. The average Bonchev–Trinajstić information content (AvgIpc) is 2.40. The fourth-order valence-corrected chi connectivity index (χ4v) is 2.33. The van der Waals surface area contributed by atoms with E-state index < -0.39 is 0 Å². The summed E-state index contributed by atoms with van der Waals surface area (Å²) >= 11 is 0. The third-order valence-electron chi connectivity index (χ3n) is 3.34. The van der Waals surface area contributed by atoms with Gasteiger partial charge in [-0.3, -0.25) is 4.90 Å². The third kappa shape index (κ3) is 3.92. The van der Waals surface area contributed by atoms with Crippen LogP contribution >= 0.6 is 0 Å². The molecule has 1 heterocycles. The number of benzene rings is 1. The first-order valence-electron chi connectivity index (χ1n) is 6.68. The lowest BCUT2D eigenvalue weighted by atomic mass is 10.2. The molecule has 104 valence electrons. The molecule has 2 rings (SSSR count). The van der Waals surface area contributed by atoms with Gasteiger partial charge in [0.15, 0.2) is 0 Å². The van der Waals surface area contributed by atoms with Crippen LogP contribution < -0.4 is 4.90 Å². The van der Waals surface area contributed by atoms with Crippen LogP contribution in [-0.2, 0) is 11.3 Å². The van der Waals surface area contributed by atoms with E-state index in [1.165, 1.54) is 11.0 Å². The largest absolute Gasteiger partial charge is 0.450 e. The van der Waals surface area contributed by atoms with Gasteiger partial charge >= 0.3 is 6.09 Å². The highest BCUT2D eigenvalue weighted by Crippen LogP contribution is 2.02. The van der Waals surface area contributed by atoms with Crippen LogP contribution in [0, 0.1) is 5.82 Å². The van der Waals surface area contributed by atoms with Crippen molar-refractivity contribution in [3.63, 3.8) is 0 Å². The molecule has 4 nitrogen and oxygen atoms in total. The molecular weight excluding hydrogens is 247 g/mol. The van der Waals surface area contributed by atoms with Crippen molar-refractivity contribution in [1.29, 1.82) is 0 Å². The molecule has 1 aliphatic heterocycles. The molecule has 0 saturated carbocycles. The Morgan fingerprint density at radius 1 is 1.42 bits per heavy atom.